The third kappa shape index (κ3) is 3.89. The highest BCUT2D eigenvalue weighted by Crippen LogP contribution is 2.53. The first kappa shape index (κ1) is 19.9. The first-order valence-corrected chi connectivity index (χ1v) is 9.66. The third-order valence-electron chi connectivity index (χ3n) is 6.50. The fourth-order valence-corrected chi connectivity index (χ4v) is 4.30. The third-order valence-corrected chi connectivity index (χ3v) is 6.50. The summed E-state index contributed by atoms with van der Waals surface area (Å²) in [5.41, 5.74) is 0.0385. The van der Waals surface area contributed by atoms with Gasteiger partial charge in [-0.2, -0.15) is 0 Å². The molecular weight excluding hydrogens is 354 g/mol. The van der Waals surface area contributed by atoms with Crippen LogP contribution in [-0.2, 0) is 9.59 Å². The topological polar surface area (TPSA) is 122 Å². The molecule has 9 nitrogen and oxygen atoms in total. The summed E-state index contributed by atoms with van der Waals surface area (Å²) in [4.78, 5) is 40.4. The molecule has 3 amide bonds. The van der Waals surface area contributed by atoms with Crippen molar-refractivity contribution in [1.82, 2.24) is 14.7 Å². The van der Waals surface area contributed by atoms with Crippen LogP contribution in [0.15, 0.2) is 0 Å². The number of hydrogen-bond donors (Lipinski definition) is 3. The Labute approximate surface area is 158 Å². The van der Waals surface area contributed by atoms with Crippen LogP contribution in [0.1, 0.15) is 39.0 Å². The maximum atomic E-state index is 12.5. The summed E-state index contributed by atoms with van der Waals surface area (Å²) in [6.45, 7) is 2.66. The van der Waals surface area contributed by atoms with Gasteiger partial charge in [-0.15, -0.1) is 0 Å². The number of amides is 3. The van der Waals surface area contributed by atoms with Gasteiger partial charge in [0.15, 0.2) is 0 Å². The largest absolute Gasteiger partial charge is 0.465 e. The molecule has 2 heterocycles. The van der Waals surface area contributed by atoms with E-state index in [0.717, 1.165) is 24.2 Å². The summed E-state index contributed by atoms with van der Waals surface area (Å²) >= 11 is 0. The van der Waals surface area contributed by atoms with E-state index in [0.29, 0.717) is 19.5 Å². The van der Waals surface area contributed by atoms with Gasteiger partial charge in [0, 0.05) is 32.6 Å². The normalized spacial score (nSPS) is 28.4. The molecule has 0 radical (unpaired) electrons. The van der Waals surface area contributed by atoms with Crippen LogP contribution in [0.3, 0.4) is 0 Å². The van der Waals surface area contributed by atoms with Crippen molar-refractivity contribution < 1.29 is 29.7 Å². The van der Waals surface area contributed by atoms with E-state index in [9.17, 15) is 24.6 Å². The average Bonchev–Trinajstić information content (AvgIpc) is 3.41. The molecule has 0 aromatic heterocycles. The Kier molecular flexibility index (Phi) is 5.62. The van der Waals surface area contributed by atoms with Crippen molar-refractivity contribution in [1.29, 1.82) is 0 Å². The van der Waals surface area contributed by atoms with Crippen LogP contribution >= 0.6 is 0 Å². The van der Waals surface area contributed by atoms with Crippen LogP contribution in [-0.4, -0.2) is 98.9 Å². The zero-order valence-electron chi connectivity index (χ0n) is 15.7. The van der Waals surface area contributed by atoms with E-state index in [1.54, 1.807) is 4.90 Å². The molecule has 3 fully saturated rings. The molecule has 0 bridgehead atoms. The smallest absolute Gasteiger partial charge is 0.408 e. The van der Waals surface area contributed by atoms with Crippen molar-refractivity contribution in [3.63, 3.8) is 0 Å². The van der Waals surface area contributed by atoms with Crippen LogP contribution in [0.4, 0.5) is 4.79 Å². The number of aliphatic hydroxyl groups is 2. The highest BCUT2D eigenvalue weighted by molar-refractivity contribution is 5.86. The molecule has 1 spiro atoms. The number of nitrogens with zero attached hydrogens (tertiary/aromatic N) is 3. The summed E-state index contributed by atoms with van der Waals surface area (Å²) in [5.74, 6) is -0.424. The lowest BCUT2D eigenvalue weighted by Crippen LogP contribution is -2.60. The maximum absolute atomic E-state index is 12.5. The second-order valence-corrected chi connectivity index (χ2v) is 8.03. The summed E-state index contributed by atoms with van der Waals surface area (Å²) in [7, 11) is 0. The van der Waals surface area contributed by atoms with Gasteiger partial charge in [-0.05, 0) is 38.0 Å². The Morgan fingerprint density at radius 3 is 2.48 bits per heavy atom. The lowest BCUT2D eigenvalue weighted by molar-refractivity contribution is -0.145. The van der Waals surface area contributed by atoms with Crippen LogP contribution in [0.5, 0.6) is 0 Å². The highest BCUT2D eigenvalue weighted by atomic mass is 16.4. The molecule has 1 aliphatic carbocycles. The second-order valence-electron chi connectivity index (χ2n) is 8.03. The Morgan fingerprint density at radius 2 is 1.93 bits per heavy atom. The van der Waals surface area contributed by atoms with Crippen molar-refractivity contribution in [3.8, 4) is 0 Å². The van der Waals surface area contributed by atoms with E-state index in [-0.39, 0.29) is 43.3 Å². The van der Waals surface area contributed by atoms with Gasteiger partial charge in [0.1, 0.15) is 6.04 Å². The van der Waals surface area contributed by atoms with E-state index in [1.807, 2.05) is 0 Å². The summed E-state index contributed by atoms with van der Waals surface area (Å²) in [6.07, 6.45) is 1.80. The molecular formula is C18H29N3O6. The maximum Gasteiger partial charge on any atom is 0.408 e. The molecule has 3 atom stereocenters. The Hall–Kier alpha value is -1.87. The number of aliphatic hydroxyl groups excluding tert-OH is 2. The van der Waals surface area contributed by atoms with E-state index < -0.39 is 24.3 Å². The Morgan fingerprint density at radius 1 is 1.22 bits per heavy atom. The monoisotopic (exact) mass is 383 g/mol. The predicted molar refractivity (Wildman–Crippen MR) is 94.9 cm³/mol. The SMILES string of the molecule is CC1C(=O)N([C@@H](CO)CCC(=O)N2CCC3(CC3)C(O)C2)CCN1C(=O)O. The second kappa shape index (κ2) is 7.63. The first-order valence-electron chi connectivity index (χ1n) is 9.66. The number of carbonyl (C=O) groups excluding carboxylic acids is 2. The van der Waals surface area contributed by atoms with Gasteiger partial charge < -0.3 is 25.1 Å². The molecule has 152 valence electrons. The summed E-state index contributed by atoms with van der Waals surface area (Å²) < 4.78 is 0. The molecule has 0 aromatic rings. The van der Waals surface area contributed by atoms with Crippen molar-refractivity contribution >= 4 is 17.9 Å². The van der Waals surface area contributed by atoms with Gasteiger partial charge in [0.2, 0.25) is 11.8 Å². The van der Waals surface area contributed by atoms with E-state index >= 15 is 0 Å². The van der Waals surface area contributed by atoms with E-state index in [4.69, 9.17) is 5.11 Å². The lowest BCUT2D eigenvalue weighted by atomic mass is 9.90. The van der Waals surface area contributed by atoms with Crippen molar-refractivity contribution in [2.45, 2.75) is 57.2 Å². The number of rotatable bonds is 5. The number of piperazine rings is 1. The molecule has 3 rings (SSSR count). The van der Waals surface area contributed by atoms with Gasteiger partial charge >= 0.3 is 6.09 Å². The molecule has 2 saturated heterocycles. The van der Waals surface area contributed by atoms with Gasteiger partial charge in [0.25, 0.3) is 0 Å². The number of piperidine rings is 1. The van der Waals surface area contributed by atoms with E-state index in [2.05, 4.69) is 0 Å². The molecule has 3 aliphatic rings. The van der Waals surface area contributed by atoms with Crippen molar-refractivity contribution in [2.24, 2.45) is 5.41 Å². The molecule has 2 aliphatic heterocycles. The summed E-state index contributed by atoms with van der Waals surface area (Å²) in [6, 6.07) is -1.31. The van der Waals surface area contributed by atoms with Gasteiger partial charge in [-0.25, -0.2) is 4.79 Å². The molecule has 27 heavy (non-hydrogen) atoms. The minimum absolute atomic E-state index is 0.0385. The summed E-state index contributed by atoms with van der Waals surface area (Å²) in [5, 5.41) is 29.1. The number of carbonyl (C=O) groups is 3. The van der Waals surface area contributed by atoms with Crippen LogP contribution in [0.25, 0.3) is 0 Å². The lowest BCUT2D eigenvalue weighted by Gasteiger charge is -2.41. The van der Waals surface area contributed by atoms with Crippen molar-refractivity contribution in [2.75, 3.05) is 32.8 Å². The number of hydrogen-bond acceptors (Lipinski definition) is 5. The van der Waals surface area contributed by atoms with Gasteiger partial charge in [0.05, 0.1) is 18.8 Å². The van der Waals surface area contributed by atoms with Gasteiger partial charge in [-0.1, -0.05) is 0 Å². The quantitative estimate of drug-likeness (QED) is 0.600. The average molecular weight is 383 g/mol. The zero-order chi connectivity index (χ0) is 19.8. The van der Waals surface area contributed by atoms with Crippen LogP contribution in [0, 0.1) is 5.41 Å². The predicted octanol–water partition coefficient (Wildman–Crippen LogP) is -0.288. The molecule has 0 aromatic carbocycles. The molecule has 2 unspecified atom stereocenters. The fraction of sp³-hybridized carbons (Fsp3) is 0.833. The number of carboxylic acid groups (broad SMARTS) is 1. The fourth-order valence-electron chi connectivity index (χ4n) is 4.30. The standard InChI is InChI=1S/C18H29N3O6/c1-12-16(25)21(9-8-20(12)17(26)27)13(11-22)2-3-15(24)19-7-6-18(4-5-18)14(23)10-19/h12-14,22-23H,2-11H2,1H3,(H,26,27)/t12?,13-,14?/m1/s1. The van der Waals surface area contributed by atoms with E-state index in [1.165, 1.54) is 11.8 Å². The highest BCUT2D eigenvalue weighted by Gasteiger charge is 2.51. The molecule has 9 heteroatoms. The minimum atomic E-state index is -1.14. The molecule has 3 N–H and O–H groups in total. The Balaban J connectivity index is 1.52. The van der Waals surface area contributed by atoms with Crippen molar-refractivity contribution in [3.05, 3.63) is 0 Å². The minimum Gasteiger partial charge on any atom is -0.465 e. The van der Waals surface area contributed by atoms with Crippen LogP contribution in [0.2, 0.25) is 0 Å². The zero-order valence-corrected chi connectivity index (χ0v) is 15.7. The number of likely N-dealkylation sites (tertiary alicyclic amines) is 1. The van der Waals surface area contributed by atoms with Crippen LogP contribution < -0.4 is 0 Å². The molecule has 1 saturated carbocycles. The van der Waals surface area contributed by atoms with Gasteiger partial charge in [-0.3, -0.25) is 14.5 Å². The number of β-amino-alcohol motifs (C(OH)–C–C–N with tert-alkyl or cyclic N) is 1. The Bertz CT molecular complexity index is 608. The first-order chi connectivity index (χ1) is 12.8.